The number of likely N-dealkylation sites (N-methyl/N-ethyl adjacent to an activating group) is 1. The molecule has 2 rings (SSSR count). The number of carbonyl (C=O) groups excluding carboxylic acids is 1. The number of carboxylic acids is 1. The molecule has 0 fully saturated rings. The first kappa shape index (κ1) is 20.7. The van der Waals surface area contributed by atoms with Crippen LogP contribution in [-0.2, 0) is 16.0 Å². The number of aliphatic carboxylic acids is 1. The number of nitrogens with zero attached hydrogens (tertiary/aromatic N) is 1. The molecule has 0 saturated heterocycles. The Bertz CT molecular complexity index is 707. The van der Waals surface area contributed by atoms with E-state index in [1.165, 1.54) is 4.90 Å². The molecule has 0 saturated carbocycles. The molecule has 134 valence electrons. The van der Waals surface area contributed by atoms with Crippen molar-refractivity contribution in [2.24, 2.45) is 0 Å². The molecule has 0 bridgehead atoms. The monoisotopic (exact) mass is 362 g/mol. The topological polar surface area (TPSA) is 69.6 Å². The van der Waals surface area contributed by atoms with Crippen LogP contribution in [0, 0.1) is 0 Å². The molecule has 0 spiro atoms. The van der Waals surface area contributed by atoms with E-state index in [9.17, 15) is 9.59 Å². The SMILES string of the molecule is CC(C(=O)O)N(C)CC(=O)Nc1ccccc1Cc1ccccc1.Cl. The maximum absolute atomic E-state index is 12.2. The van der Waals surface area contributed by atoms with Crippen molar-refractivity contribution in [1.82, 2.24) is 4.90 Å². The number of anilines is 1. The highest BCUT2D eigenvalue weighted by Gasteiger charge is 2.19. The van der Waals surface area contributed by atoms with Crippen LogP contribution in [-0.4, -0.2) is 41.5 Å². The highest BCUT2D eigenvalue weighted by Crippen LogP contribution is 2.19. The number of nitrogens with one attached hydrogen (secondary N) is 1. The summed E-state index contributed by atoms with van der Waals surface area (Å²) in [5.74, 6) is -1.18. The average molecular weight is 363 g/mol. The van der Waals surface area contributed by atoms with Crippen LogP contribution in [0.4, 0.5) is 5.69 Å². The Morgan fingerprint density at radius 2 is 1.68 bits per heavy atom. The lowest BCUT2D eigenvalue weighted by molar-refractivity contribution is -0.142. The highest BCUT2D eigenvalue weighted by molar-refractivity contribution is 5.93. The summed E-state index contributed by atoms with van der Waals surface area (Å²) < 4.78 is 0. The number of hydrogen-bond acceptors (Lipinski definition) is 3. The number of halogens is 1. The molecule has 2 aromatic rings. The molecule has 5 nitrogen and oxygen atoms in total. The number of carboxylic acid groups (broad SMARTS) is 1. The summed E-state index contributed by atoms with van der Waals surface area (Å²) in [7, 11) is 1.62. The average Bonchev–Trinajstić information content (AvgIpc) is 2.56. The zero-order chi connectivity index (χ0) is 17.5. The smallest absolute Gasteiger partial charge is 0.320 e. The van der Waals surface area contributed by atoms with Gasteiger partial charge in [-0.3, -0.25) is 14.5 Å². The van der Waals surface area contributed by atoms with Crippen molar-refractivity contribution < 1.29 is 14.7 Å². The van der Waals surface area contributed by atoms with Crippen molar-refractivity contribution in [3.8, 4) is 0 Å². The van der Waals surface area contributed by atoms with Gasteiger partial charge in [0.15, 0.2) is 0 Å². The van der Waals surface area contributed by atoms with Crippen LogP contribution in [0.2, 0.25) is 0 Å². The first-order chi connectivity index (χ1) is 11.5. The lowest BCUT2D eigenvalue weighted by atomic mass is 10.0. The maximum atomic E-state index is 12.2. The normalized spacial score (nSPS) is 11.5. The second-order valence-electron chi connectivity index (χ2n) is 5.80. The van der Waals surface area contributed by atoms with E-state index in [4.69, 9.17) is 5.11 Å². The number of rotatable bonds is 7. The van der Waals surface area contributed by atoms with Crippen LogP contribution in [0.15, 0.2) is 54.6 Å². The molecule has 25 heavy (non-hydrogen) atoms. The third kappa shape index (κ3) is 6.21. The Morgan fingerprint density at radius 1 is 1.08 bits per heavy atom. The van der Waals surface area contributed by atoms with Gasteiger partial charge < -0.3 is 10.4 Å². The predicted octanol–water partition coefficient (Wildman–Crippen LogP) is 3.04. The minimum Gasteiger partial charge on any atom is -0.480 e. The number of carbonyl (C=O) groups is 2. The molecule has 0 aliphatic rings. The Morgan fingerprint density at radius 3 is 2.32 bits per heavy atom. The molecule has 2 N–H and O–H groups in total. The van der Waals surface area contributed by atoms with E-state index in [1.807, 2.05) is 54.6 Å². The Kier molecular flexibility index (Phi) is 8.11. The van der Waals surface area contributed by atoms with Crippen molar-refractivity contribution in [3.05, 3.63) is 65.7 Å². The van der Waals surface area contributed by atoms with Crippen LogP contribution < -0.4 is 5.32 Å². The van der Waals surface area contributed by atoms with E-state index < -0.39 is 12.0 Å². The van der Waals surface area contributed by atoms with Gasteiger partial charge in [0.25, 0.3) is 0 Å². The van der Waals surface area contributed by atoms with Gasteiger partial charge in [0.05, 0.1) is 6.54 Å². The summed E-state index contributed by atoms with van der Waals surface area (Å²) in [6.07, 6.45) is 0.721. The largest absolute Gasteiger partial charge is 0.480 e. The van der Waals surface area contributed by atoms with Gasteiger partial charge in [-0.25, -0.2) is 0 Å². The first-order valence-electron chi connectivity index (χ1n) is 7.82. The van der Waals surface area contributed by atoms with Gasteiger partial charge in [-0.15, -0.1) is 12.4 Å². The van der Waals surface area contributed by atoms with Gasteiger partial charge >= 0.3 is 5.97 Å². The highest BCUT2D eigenvalue weighted by atomic mass is 35.5. The molecule has 0 radical (unpaired) electrons. The standard InChI is InChI=1S/C19H22N2O3.ClH/c1-14(19(23)24)21(2)13-18(22)20-17-11-7-6-10-16(17)12-15-8-4-3-5-9-15;/h3-11,14H,12-13H2,1-2H3,(H,20,22)(H,23,24);1H. The Balaban J connectivity index is 0.00000312. The zero-order valence-corrected chi connectivity index (χ0v) is 15.1. The number of amides is 1. The molecule has 0 heterocycles. The molecular formula is C19H23ClN2O3. The van der Waals surface area contributed by atoms with Gasteiger partial charge in [-0.1, -0.05) is 48.5 Å². The molecule has 6 heteroatoms. The zero-order valence-electron chi connectivity index (χ0n) is 14.3. The summed E-state index contributed by atoms with van der Waals surface area (Å²) in [4.78, 5) is 24.7. The summed E-state index contributed by atoms with van der Waals surface area (Å²) in [6, 6.07) is 17.0. The second kappa shape index (κ2) is 9.81. The van der Waals surface area contributed by atoms with Crippen LogP contribution in [0.25, 0.3) is 0 Å². The fraction of sp³-hybridized carbons (Fsp3) is 0.263. The maximum Gasteiger partial charge on any atom is 0.320 e. The molecule has 1 atom stereocenters. The predicted molar refractivity (Wildman–Crippen MR) is 101 cm³/mol. The lowest BCUT2D eigenvalue weighted by Crippen LogP contribution is -2.40. The van der Waals surface area contributed by atoms with Gasteiger partial charge in [0, 0.05) is 5.69 Å². The lowest BCUT2D eigenvalue weighted by Gasteiger charge is -2.20. The van der Waals surface area contributed by atoms with Crippen molar-refractivity contribution in [1.29, 1.82) is 0 Å². The Labute approximate surface area is 154 Å². The van der Waals surface area contributed by atoms with Crippen LogP contribution in [0.5, 0.6) is 0 Å². The number of hydrogen-bond donors (Lipinski definition) is 2. The van der Waals surface area contributed by atoms with E-state index in [2.05, 4.69) is 5.32 Å². The van der Waals surface area contributed by atoms with Gasteiger partial charge in [0.2, 0.25) is 5.91 Å². The first-order valence-corrected chi connectivity index (χ1v) is 7.82. The molecule has 0 aromatic heterocycles. The molecule has 1 unspecified atom stereocenters. The minimum atomic E-state index is -0.949. The number of benzene rings is 2. The van der Waals surface area contributed by atoms with E-state index in [0.29, 0.717) is 0 Å². The third-order valence-corrected chi connectivity index (χ3v) is 3.94. The van der Waals surface area contributed by atoms with Gasteiger partial charge in [0.1, 0.15) is 6.04 Å². The molecule has 0 aliphatic carbocycles. The molecule has 2 aromatic carbocycles. The number of para-hydroxylation sites is 1. The van der Waals surface area contributed by atoms with E-state index in [0.717, 1.165) is 23.2 Å². The summed E-state index contributed by atoms with van der Waals surface area (Å²) >= 11 is 0. The van der Waals surface area contributed by atoms with Crippen molar-refractivity contribution in [2.45, 2.75) is 19.4 Å². The van der Waals surface area contributed by atoms with Crippen LogP contribution in [0.3, 0.4) is 0 Å². The van der Waals surface area contributed by atoms with E-state index in [1.54, 1.807) is 14.0 Å². The molecule has 1 amide bonds. The van der Waals surface area contributed by atoms with E-state index >= 15 is 0 Å². The van der Waals surface area contributed by atoms with E-state index in [-0.39, 0.29) is 24.9 Å². The van der Waals surface area contributed by atoms with Crippen molar-refractivity contribution >= 4 is 30.0 Å². The minimum absolute atomic E-state index is 0. The van der Waals surface area contributed by atoms with Crippen LogP contribution >= 0.6 is 12.4 Å². The van der Waals surface area contributed by atoms with Crippen molar-refractivity contribution in [2.75, 3.05) is 18.9 Å². The third-order valence-electron chi connectivity index (χ3n) is 3.94. The quantitative estimate of drug-likeness (QED) is 0.794. The van der Waals surface area contributed by atoms with Crippen LogP contribution in [0.1, 0.15) is 18.1 Å². The molecule has 0 aliphatic heterocycles. The molecular weight excluding hydrogens is 340 g/mol. The second-order valence-corrected chi connectivity index (χ2v) is 5.80. The Hall–Kier alpha value is -2.37. The van der Waals surface area contributed by atoms with Gasteiger partial charge in [-0.2, -0.15) is 0 Å². The summed E-state index contributed by atoms with van der Waals surface area (Å²) in [6.45, 7) is 1.58. The fourth-order valence-corrected chi connectivity index (χ4v) is 2.35. The van der Waals surface area contributed by atoms with Crippen molar-refractivity contribution in [3.63, 3.8) is 0 Å². The van der Waals surface area contributed by atoms with Gasteiger partial charge in [-0.05, 0) is 37.6 Å². The summed E-state index contributed by atoms with van der Waals surface area (Å²) in [5, 5.41) is 11.9. The fourth-order valence-electron chi connectivity index (χ4n) is 2.35. The summed E-state index contributed by atoms with van der Waals surface area (Å²) in [5.41, 5.74) is 2.93.